The molecule has 0 spiro atoms. The third-order valence-electron chi connectivity index (χ3n) is 3.94. The van der Waals surface area contributed by atoms with E-state index in [1.54, 1.807) is 48.5 Å². The summed E-state index contributed by atoms with van der Waals surface area (Å²) < 4.78 is 5.36. The highest BCUT2D eigenvalue weighted by Gasteiger charge is 2.22. The first-order valence-corrected chi connectivity index (χ1v) is 8.89. The highest BCUT2D eigenvalue weighted by atomic mass is 32.1. The molecule has 0 bridgehead atoms. The molecule has 134 valence electrons. The molecule has 3 rings (SSSR count). The topological polar surface area (TPSA) is 74.6 Å². The normalized spacial score (nSPS) is 11.6. The van der Waals surface area contributed by atoms with Crippen LogP contribution in [0.15, 0.2) is 65.3 Å². The number of furan rings is 1. The number of amides is 3. The first-order chi connectivity index (χ1) is 12.5. The second-order valence-corrected chi connectivity index (χ2v) is 6.80. The van der Waals surface area contributed by atoms with Crippen LogP contribution in [0.1, 0.15) is 28.4 Å². The molecule has 0 fully saturated rings. The molecule has 0 aliphatic heterocycles. The van der Waals surface area contributed by atoms with Crippen molar-refractivity contribution < 1.29 is 14.0 Å². The van der Waals surface area contributed by atoms with Crippen LogP contribution in [-0.2, 0) is 0 Å². The largest absolute Gasteiger partial charge is 0.467 e. The SMILES string of the molecule is CC(c1ccco1)N(C)C(=O)c1ccc(NC(=O)Nc2ccccc2)s1. The van der Waals surface area contributed by atoms with E-state index < -0.39 is 0 Å². The van der Waals surface area contributed by atoms with Gasteiger partial charge in [-0.15, -0.1) is 11.3 Å². The number of anilines is 2. The predicted octanol–water partition coefficient (Wildman–Crippen LogP) is 4.82. The van der Waals surface area contributed by atoms with Gasteiger partial charge in [-0.25, -0.2) is 4.79 Å². The van der Waals surface area contributed by atoms with Crippen LogP contribution >= 0.6 is 11.3 Å². The van der Waals surface area contributed by atoms with Gasteiger partial charge >= 0.3 is 6.03 Å². The Bertz CT molecular complexity index is 875. The quantitative estimate of drug-likeness (QED) is 0.677. The fourth-order valence-electron chi connectivity index (χ4n) is 2.39. The highest BCUT2D eigenvalue weighted by molar-refractivity contribution is 7.18. The number of hydrogen-bond acceptors (Lipinski definition) is 4. The second-order valence-electron chi connectivity index (χ2n) is 5.72. The summed E-state index contributed by atoms with van der Waals surface area (Å²) in [5.74, 6) is 0.591. The summed E-state index contributed by atoms with van der Waals surface area (Å²) >= 11 is 1.23. The number of urea groups is 1. The van der Waals surface area contributed by atoms with Gasteiger partial charge in [-0.05, 0) is 43.3 Å². The van der Waals surface area contributed by atoms with Gasteiger partial charge in [-0.1, -0.05) is 18.2 Å². The first-order valence-electron chi connectivity index (χ1n) is 8.08. The molecule has 2 heterocycles. The molecule has 0 saturated carbocycles. The molecule has 0 radical (unpaired) electrons. The number of nitrogens with zero attached hydrogens (tertiary/aromatic N) is 1. The zero-order valence-corrected chi connectivity index (χ0v) is 15.2. The average molecular weight is 369 g/mol. The number of thiophene rings is 1. The summed E-state index contributed by atoms with van der Waals surface area (Å²) in [5, 5.41) is 6.08. The van der Waals surface area contributed by atoms with Gasteiger partial charge in [-0.2, -0.15) is 0 Å². The smallest absolute Gasteiger partial charge is 0.324 e. The number of carbonyl (C=O) groups excluding carboxylic acids is 2. The Hall–Kier alpha value is -3.06. The summed E-state index contributed by atoms with van der Waals surface area (Å²) in [6, 6.07) is 15.7. The summed E-state index contributed by atoms with van der Waals surface area (Å²) in [5.41, 5.74) is 0.699. The van der Waals surface area contributed by atoms with Crippen molar-refractivity contribution in [1.29, 1.82) is 0 Å². The third-order valence-corrected chi connectivity index (χ3v) is 4.93. The Morgan fingerprint density at radius 3 is 2.50 bits per heavy atom. The second kappa shape index (κ2) is 7.88. The predicted molar refractivity (Wildman–Crippen MR) is 103 cm³/mol. The van der Waals surface area contributed by atoms with Gasteiger partial charge < -0.3 is 14.6 Å². The molecule has 1 atom stereocenters. The van der Waals surface area contributed by atoms with E-state index >= 15 is 0 Å². The van der Waals surface area contributed by atoms with Gasteiger partial charge in [0.05, 0.1) is 22.2 Å². The Balaban J connectivity index is 1.61. The van der Waals surface area contributed by atoms with E-state index in [1.807, 2.05) is 31.2 Å². The van der Waals surface area contributed by atoms with Crippen LogP contribution in [0.25, 0.3) is 0 Å². The lowest BCUT2D eigenvalue weighted by atomic mass is 10.2. The van der Waals surface area contributed by atoms with E-state index in [-0.39, 0.29) is 18.0 Å². The molecule has 26 heavy (non-hydrogen) atoms. The monoisotopic (exact) mass is 369 g/mol. The Morgan fingerprint density at radius 2 is 1.81 bits per heavy atom. The van der Waals surface area contributed by atoms with Gasteiger partial charge in [0.25, 0.3) is 5.91 Å². The van der Waals surface area contributed by atoms with Crippen LogP contribution in [-0.4, -0.2) is 23.9 Å². The fraction of sp³-hybridized carbons (Fsp3) is 0.158. The maximum absolute atomic E-state index is 12.6. The lowest BCUT2D eigenvalue weighted by molar-refractivity contribution is 0.0731. The summed E-state index contributed by atoms with van der Waals surface area (Å²) in [6.45, 7) is 1.90. The molecule has 0 saturated heterocycles. The zero-order valence-electron chi connectivity index (χ0n) is 14.4. The molecule has 7 heteroatoms. The number of benzene rings is 1. The maximum atomic E-state index is 12.6. The van der Waals surface area contributed by atoms with Crippen LogP contribution in [0, 0.1) is 0 Å². The van der Waals surface area contributed by atoms with Gasteiger partial charge in [0.15, 0.2) is 0 Å². The van der Waals surface area contributed by atoms with Crippen LogP contribution < -0.4 is 10.6 Å². The standard InChI is InChI=1S/C19H19N3O3S/c1-13(15-9-6-12-25-15)22(2)18(23)16-10-11-17(26-16)21-19(24)20-14-7-4-3-5-8-14/h3-13H,1-2H3,(H2,20,21,24). The van der Waals surface area contributed by atoms with Crippen molar-refractivity contribution in [2.24, 2.45) is 0 Å². The van der Waals surface area contributed by atoms with E-state index in [0.29, 0.717) is 15.6 Å². The van der Waals surface area contributed by atoms with Crippen LogP contribution in [0.2, 0.25) is 0 Å². The molecule has 1 aromatic carbocycles. The number of hydrogen-bond donors (Lipinski definition) is 2. The number of nitrogens with one attached hydrogen (secondary N) is 2. The average Bonchev–Trinajstić information content (AvgIpc) is 3.32. The van der Waals surface area contributed by atoms with E-state index in [4.69, 9.17) is 4.42 Å². The van der Waals surface area contributed by atoms with Gasteiger partial charge in [-0.3, -0.25) is 10.1 Å². The minimum Gasteiger partial charge on any atom is -0.467 e. The molecule has 2 N–H and O–H groups in total. The van der Waals surface area contributed by atoms with Crippen molar-refractivity contribution in [3.63, 3.8) is 0 Å². The highest BCUT2D eigenvalue weighted by Crippen LogP contribution is 2.27. The van der Waals surface area contributed by atoms with E-state index in [0.717, 1.165) is 5.76 Å². The summed E-state index contributed by atoms with van der Waals surface area (Å²) in [7, 11) is 1.73. The molecule has 3 aromatic rings. The lowest BCUT2D eigenvalue weighted by Crippen LogP contribution is -2.28. The van der Waals surface area contributed by atoms with E-state index in [9.17, 15) is 9.59 Å². The first kappa shape index (κ1) is 17.8. The zero-order chi connectivity index (χ0) is 18.5. The molecule has 6 nitrogen and oxygen atoms in total. The molecule has 2 aromatic heterocycles. The van der Waals surface area contributed by atoms with Crippen molar-refractivity contribution in [1.82, 2.24) is 4.90 Å². The molecular weight excluding hydrogens is 350 g/mol. The number of rotatable bonds is 5. The summed E-state index contributed by atoms with van der Waals surface area (Å²) in [6.07, 6.45) is 1.59. The van der Waals surface area contributed by atoms with E-state index in [1.165, 1.54) is 11.3 Å². The van der Waals surface area contributed by atoms with Crippen LogP contribution in [0.3, 0.4) is 0 Å². The van der Waals surface area contributed by atoms with E-state index in [2.05, 4.69) is 10.6 Å². The van der Waals surface area contributed by atoms with Crippen LogP contribution in [0.5, 0.6) is 0 Å². The molecule has 0 aliphatic rings. The Morgan fingerprint density at radius 1 is 1.04 bits per heavy atom. The Kier molecular flexibility index (Phi) is 5.38. The number of para-hydroxylation sites is 1. The van der Waals surface area contributed by atoms with Gasteiger partial charge in [0.2, 0.25) is 0 Å². The van der Waals surface area contributed by atoms with Gasteiger partial charge in [0.1, 0.15) is 5.76 Å². The molecule has 3 amide bonds. The molecular formula is C19H19N3O3S. The summed E-state index contributed by atoms with van der Waals surface area (Å²) in [4.78, 5) is 26.8. The Labute approximate surface area is 155 Å². The van der Waals surface area contributed by atoms with Crippen molar-refractivity contribution in [3.8, 4) is 0 Å². The molecule has 0 aliphatic carbocycles. The maximum Gasteiger partial charge on any atom is 0.324 e. The fourth-order valence-corrected chi connectivity index (χ4v) is 3.27. The van der Waals surface area contributed by atoms with Crippen molar-refractivity contribution in [3.05, 3.63) is 71.5 Å². The van der Waals surface area contributed by atoms with Crippen molar-refractivity contribution >= 4 is 34.0 Å². The lowest BCUT2D eigenvalue weighted by Gasteiger charge is -2.22. The minimum absolute atomic E-state index is 0.129. The third kappa shape index (κ3) is 4.12. The molecule has 1 unspecified atom stereocenters. The van der Waals surface area contributed by atoms with Crippen molar-refractivity contribution in [2.45, 2.75) is 13.0 Å². The minimum atomic E-state index is -0.352. The van der Waals surface area contributed by atoms with Gasteiger partial charge in [0, 0.05) is 12.7 Å². The van der Waals surface area contributed by atoms with Crippen LogP contribution in [0.4, 0.5) is 15.5 Å². The number of carbonyl (C=O) groups is 2. The van der Waals surface area contributed by atoms with Crippen molar-refractivity contribution in [2.75, 3.05) is 17.7 Å².